The summed E-state index contributed by atoms with van der Waals surface area (Å²) in [5.41, 5.74) is 1.48. The first-order valence-corrected chi connectivity index (χ1v) is 7.11. The lowest BCUT2D eigenvalue weighted by molar-refractivity contribution is 0.102. The van der Waals surface area contributed by atoms with Gasteiger partial charge in [0.25, 0.3) is 11.5 Å². The summed E-state index contributed by atoms with van der Waals surface area (Å²) in [6.07, 6.45) is 0. The predicted octanol–water partition coefficient (Wildman–Crippen LogP) is 2.46. The second-order valence-corrected chi connectivity index (χ2v) is 6.21. The van der Waals surface area contributed by atoms with Crippen LogP contribution in [0.1, 0.15) is 37.2 Å². The van der Waals surface area contributed by atoms with E-state index in [2.05, 4.69) is 20.5 Å². The molecule has 23 heavy (non-hydrogen) atoms. The molecule has 0 saturated carbocycles. The lowest BCUT2D eigenvalue weighted by Crippen LogP contribution is -2.17. The number of H-pyrrole nitrogens is 1. The second kappa shape index (κ2) is 5.35. The molecule has 0 fully saturated rings. The number of hydrogen-bond acceptors (Lipinski definition) is 5. The molecule has 0 aliphatic carbocycles. The zero-order valence-corrected chi connectivity index (χ0v) is 13.0. The first kappa shape index (κ1) is 15.0. The van der Waals surface area contributed by atoms with Crippen LogP contribution in [0.4, 0.5) is 5.69 Å². The third-order valence-corrected chi connectivity index (χ3v) is 3.20. The molecule has 0 saturated heterocycles. The Labute approximate surface area is 131 Å². The highest BCUT2D eigenvalue weighted by atomic mass is 16.3. The molecule has 1 aromatic carbocycles. The van der Waals surface area contributed by atoms with E-state index < -0.39 is 5.91 Å². The van der Waals surface area contributed by atoms with Gasteiger partial charge in [0.2, 0.25) is 5.89 Å². The van der Waals surface area contributed by atoms with E-state index >= 15 is 0 Å². The number of aromatic amines is 1. The molecule has 3 rings (SSSR count). The number of oxazole rings is 1. The van der Waals surface area contributed by atoms with Crippen molar-refractivity contribution in [3.05, 3.63) is 52.3 Å². The molecule has 2 N–H and O–H groups in total. The van der Waals surface area contributed by atoms with E-state index in [4.69, 9.17) is 4.42 Å². The third-order valence-electron chi connectivity index (χ3n) is 3.20. The van der Waals surface area contributed by atoms with Gasteiger partial charge >= 0.3 is 0 Å². The number of benzene rings is 1. The normalized spacial score (nSPS) is 11.6. The first-order chi connectivity index (χ1) is 10.8. The molecule has 0 unspecified atom stereocenters. The topological polar surface area (TPSA) is 101 Å². The van der Waals surface area contributed by atoms with Gasteiger partial charge in [-0.15, -0.1) is 0 Å². The summed E-state index contributed by atoms with van der Waals surface area (Å²) < 4.78 is 5.71. The van der Waals surface area contributed by atoms with E-state index in [9.17, 15) is 9.59 Å². The Hall–Kier alpha value is -2.96. The van der Waals surface area contributed by atoms with E-state index in [0.29, 0.717) is 22.7 Å². The molecular formula is C16H16N4O3. The van der Waals surface area contributed by atoms with Crippen LogP contribution in [0.15, 0.2) is 39.5 Å². The Morgan fingerprint density at radius 1 is 1.22 bits per heavy atom. The number of hydrogen-bond donors (Lipinski definition) is 2. The van der Waals surface area contributed by atoms with E-state index in [0.717, 1.165) is 0 Å². The Kier molecular flexibility index (Phi) is 3.48. The summed E-state index contributed by atoms with van der Waals surface area (Å²) >= 11 is 0. The molecule has 0 aliphatic rings. The van der Waals surface area contributed by atoms with Gasteiger partial charge in [-0.1, -0.05) is 20.8 Å². The quantitative estimate of drug-likeness (QED) is 0.757. The smallest absolute Gasteiger partial charge is 0.276 e. The number of carbonyl (C=O) groups excluding carboxylic acids is 1. The highest BCUT2D eigenvalue weighted by Crippen LogP contribution is 2.27. The first-order valence-electron chi connectivity index (χ1n) is 7.11. The molecule has 2 heterocycles. The SMILES string of the molecule is CC(C)(C)c1nc2cc(NC(=O)c3ccc(=O)[nH]n3)ccc2o1. The zero-order valence-electron chi connectivity index (χ0n) is 13.0. The molecular weight excluding hydrogens is 296 g/mol. The molecule has 0 spiro atoms. The Morgan fingerprint density at radius 3 is 2.65 bits per heavy atom. The van der Waals surface area contributed by atoms with Crippen LogP contribution in [-0.2, 0) is 5.41 Å². The maximum Gasteiger partial charge on any atom is 0.276 e. The van der Waals surface area contributed by atoms with Gasteiger partial charge in [-0.25, -0.2) is 10.1 Å². The van der Waals surface area contributed by atoms with Crippen molar-refractivity contribution >= 4 is 22.7 Å². The number of amides is 1. The van der Waals surface area contributed by atoms with E-state index in [1.165, 1.54) is 12.1 Å². The van der Waals surface area contributed by atoms with Crippen LogP contribution in [-0.4, -0.2) is 21.1 Å². The minimum absolute atomic E-state index is 0.125. The van der Waals surface area contributed by atoms with E-state index in [1.807, 2.05) is 20.8 Å². The molecule has 3 aromatic rings. The standard InChI is InChI=1S/C16H16N4O3/c1-16(2,3)15-18-11-8-9(4-6-12(11)23-15)17-14(22)10-5-7-13(21)20-19-10/h4-8H,1-3H3,(H,17,22)(H,20,21). The summed E-state index contributed by atoms with van der Waals surface area (Å²) in [7, 11) is 0. The predicted molar refractivity (Wildman–Crippen MR) is 85.5 cm³/mol. The van der Waals surface area contributed by atoms with Crippen LogP contribution in [0.5, 0.6) is 0 Å². The molecule has 118 valence electrons. The second-order valence-electron chi connectivity index (χ2n) is 6.21. The Balaban J connectivity index is 1.87. The molecule has 7 nitrogen and oxygen atoms in total. The fraction of sp³-hybridized carbons (Fsp3) is 0.250. The maximum absolute atomic E-state index is 12.1. The summed E-state index contributed by atoms with van der Waals surface area (Å²) in [5, 5.41) is 8.62. The van der Waals surface area contributed by atoms with Gasteiger partial charge in [-0.3, -0.25) is 9.59 Å². The van der Waals surface area contributed by atoms with E-state index in [1.54, 1.807) is 18.2 Å². The van der Waals surface area contributed by atoms with Crippen molar-refractivity contribution < 1.29 is 9.21 Å². The molecule has 0 bridgehead atoms. The molecule has 0 aliphatic heterocycles. The van der Waals surface area contributed by atoms with Crippen LogP contribution in [0.2, 0.25) is 0 Å². The van der Waals surface area contributed by atoms with Crippen LogP contribution >= 0.6 is 0 Å². The molecule has 0 radical (unpaired) electrons. The number of nitrogens with one attached hydrogen (secondary N) is 2. The Bertz CT molecular complexity index is 914. The third kappa shape index (κ3) is 3.13. The van der Waals surface area contributed by atoms with Crippen molar-refractivity contribution in [3.8, 4) is 0 Å². The van der Waals surface area contributed by atoms with Crippen molar-refractivity contribution in [2.24, 2.45) is 0 Å². The monoisotopic (exact) mass is 312 g/mol. The number of fused-ring (bicyclic) bond motifs is 1. The van der Waals surface area contributed by atoms with Crippen molar-refractivity contribution in [1.82, 2.24) is 15.2 Å². The van der Waals surface area contributed by atoms with Crippen molar-refractivity contribution in [1.29, 1.82) is 0 Å². The molecule has 2 aromatic heterocycles. The lowest BCUT2D eigenvalue weighted by atomic mass is 9.97. The van der Waals surface area contributed by atoms with Crippen molar-refractivity contribution in [3.63, 3.8) is 0 Å². The fourth-order valence-corrected chi connectivity index (χ4v) is 1.99. The van der Waals surface area contributed by atoms with Gasteiger partial charge in [-0.2, -0.15) is 5.10 Å². The number of rotatable bonds is 2. The fourth-order valence-electron chi connectivity index (χ4n) is 1.99. The van der Waals surface area contributed by atoms with Crippen LogP contribution in [0.3, 0.4) is 0 Å². The number of aromatic nitrogens is 3. The van der Waals surface area contributed by atoms with Crippen LogP contribution < -0.4 is 10.9 Å². The minimum Gasteiger partial charge on any atom is -0.440 e. The molecule has 1 amide bonds. The van der Waals surface area contributed by atoms with Gasteiger partial charge in [0, 0.05) is 17.2 Å². The summed E-state index contributed by atoms with van der Waals surface area (Å²) in [6, 6.07) is 7.83. The highest BCUT2D eigenvalue weighted by Gasteiger charge is 2.21. The number of anilines is 1. The number of nitrogens with zero attached hydrogens (tertiary/aromatic N) is 2. The van der Waals surface area contributed by atoms with Crippen molar-refractivity contribution in [2.75, 3.05) is 5.32 Å². The van der Waals surface area contributed by atoms with Gasteiger partial charge in [0.05, 0.1) is 0 Å². The van der Waals surface area contributed by atoms with Crippen LogP contribution in [0.25, 0.3) is 11.1 Å². The largest absolute Gasteiger partial charge is 0.440 e. The lowest BCUT2D eigenvalue weighted by Gasteiger charge is -2.11. The average molecular weight is 312 g/mol. The molecule has 0 atom stereocenters. The van der Waals surface area contributed by atoms with E-state index in [-0.39, 0.29) is 16.7 Å². The molecule has 7 heteroatoms. The summed E-state index contributed by atoms with van der Waals surface area (Å²) in [4.78, 5) is 27.5. The maximum atomic E-state index is 12.1. The van der Waals surface area contributed by atoms with Crippen molar-refractivity contribution in [2.45, 2.75) is 26.2 Å². The highest BCUT2D eigenvalue weighted by molar-refractivity contribution is 6.03. The van der Waals surface area contributed by atoms with Gasteiger partial charge in [-0.05, 0) is 24.3 Å². The Morgan fingerprint density at radius 2 is 2.00 bits per heavy atom. The summed E-state index contributed by atoms with van der Waals surface area (Å²) in [5.74, 6) is 0.221. The van der Waals surface area contributed by atoms with Gasteiger partial charge < -0.3 is 9.73 Å². The van der Waals surface area contributed by atoms with Gasteiger partial charge in [0.15, 0.2) is 5.58 Å². The average Bonchev–Trinajstić information content (AvgIpc) is 2.91. The zero-order chi connectivity index (χ0) is 16.6. The van der Waals surface area contributed by atoms with Crippen LogP contribution in [0, 0.1) is 0 Å². The van der Waals surface area contributed by atoms with Gasteiger partial charge in [0.1, 0.15) is 11.2 Å². The number of carbonyl (C=O) groups is 1. The summed E-state index contributed by atoms with van der Waals surface area (Å²) in [6.45, 7) is 6.05. The minimum atomic E-state index is -0.417.